The van der Waals surface area contributed by atoms with Crippen molar-refractivity contribution < 1.29 is 28.7 Å². The summed E-state index contributed by atoms with van der Waals surface area (Å²) in [6.45, 7) is 81.8. The van der Waals surface area contributed by atoms with Crippen LogP contribution in [0.25, 0.3) is 0 Å². The van der Waals surface area contributed by atoms with Gasteiger partial charge in [-0.25, -0.2) is 0 Å². The number of rotatable bonds is 9. The fraction of sp³-hybridized carbons (Fsp3) is 0.877. The quantitative estimate of drug-likeness (QED) is 0.228. The molecular formula is C73H157N11O6. The number of ether oxygens (including phenoxy) is 3. The molecule has 0 radical (unpaired) electrons. The second-order valence-corrected chi connectivity index (χ2v) is 21.9. The first-order valence-corrected chi connectivity index (χ1v) is 36.3. The summed E-state index contributed by atoms with van der Waals surface area (Å²) in [5.74, 6) is 7.78. The van der Waals surface area contributed by atoms with Crippen LogP contribution >= 0.6 is 0 Å². The second kappa shape index (κ2) is 80.5. The average Bonchev–Trinajstić information content (AvgIpc) is 4.50. The molecule has 0 aromatic carbocycles. The van der Waals surface area contributed by atoms with Gasteiger partial charge in [0.05, 0.1) is 37.1 Å². The van der Waals surface area contributed by atoms with Gasteiger partial charge in [0.2, 0.25) is 0 Å². The number of oxime groups is 3. The molecule has 540 valence electrons. The van der Waals surface area contributed by atoms with Crippen LogP contribution < -0.4 is 10.9 Å². The lowest BCUT2D eigenvalue weighted by molar-refractivity contribution is 0.0521. The largest absolute Gasteiger partial charge is 0.481 e. The first-order chi connectivity index (χ1) is 43.2. The third-order valence-corrected chi connectivity index (χ3v) is 12.5. The Kier molecular flexibility index (Phi) is 93.3. The molecule has 6 atom stereocenters. The molecule has 0 bridgehead atoms. The van der Waals surface area contributed by atoms with E-state index in [4.69, 9.17) is 28.7 Å². The molecule has 0 aliphatic carbocycles. The van der Waals surface area contributed by atoms with Crippen molar-refractivity contribution in [2.75, 3.05) is 52.6 Å². The average molecular weight is 1290 g/mol. The van der Waals surface area contributed by atoms with Crippen molar-refractivity contribution in [3.63, 3.8) is 0 Å². The predicted molar refractivity (Wildman–Crippen MR) is 406 cm³/mol. The minimum atomic E-state index is 0.343. The van der Waals surface area contributed by atoms with Crippen LogP contribution in [-0.4, -0.2) is 132 Å². The van der Waals surface area contributed by atoms with Crippen LogP contribution in [0, 0.1) is 65.1 Å². The van der Waals surface area contributed by atoms with E-state index in [-0.39, 0.29) is 0 Å². The highest BCUT2D eigenvalue weighted by molar-refractivity contribution is 5.87. The molecule has 17 nitrogen and oxygen atoms in total. The van der Waals surface area contributed by atoms with E-state index >= 15 is 0 Å². The summed E-state index contributed by atoms with van der Waals surface area (Å²) in [7, 11) is 0. The van der Waals surface area contributed by atoms with Crippen LogP contribution in [0.3, 0.4) is 0 Å². The molecule has 0 aromatic rings. The van der Waals surface area contributed by atoms with Crippen LogP contribution in [0.1, 0.15) is 281 Å². The minimum Gasteiger partial charge on any atom is -0.481 e. The van der Waals surface area contributed by atoms with Crippen molar-refractivity contribution >= 4 is 55.0 Å². The molecule has 9 rings (SSSR count). The third-order valence-electron chi connectivity index (χ3n) is 12.5. The molecule has 9 heterocycles. The van der Waals surface area contributed by atoms with E-state index < -0.39 is 0 Å². The highest BCUT2D eigenvalue weighted by atomic mass is 16.6. The Morgan fingerprint density at radius 1 is 0.478 bits per heavy atom. The molecule has 90 heavy (non-hydrogen) atoms. The zero-order valence-corrected chi connectivity index (χ0v) is 66.3. The Morgan fingerprint density at radius 2 is 1.04 bits per heavy atom. The normalized spacial score (nSPS) is 19.9. The maximum absolute atomic E-state index is 5.16. The van der Waals surface area contributed by atoms with E-state index in [1.165, 1.54) is 24.3 Å². The summed E-state index contributed by atoms with van der Waals surface area (Å²) >= 11 is 0. The first kappa shape index (κ1) is 104. The van der Waals surface area contributed by atoms with E-state index in [0.717, 1.165) is 83.7 Å². The van der Waals surface area contributed by atoms with E-state index in [1.54, 1.807) is 12.8 Å². The summed E-state index contributed by atoms with van der Waals surface area (Å²) in [6, 6.07) is 1.00. The minimum absolute atomic E-state index is 0.343. The van der Waals surface area contributed by atoms with Gasteiger partial charge in [-0.1, -0.05) is 265 Å². The Morgan fingerprint density at radius 3 is 1.24 bits per heavy atom. The van der Waals surface area contributed by atoms with Crippen LogP contribution in [0.4, 0.5) is 0 Å². The molecule has 0 saturated carbocycles. The fourth-order valence-electron chi connectivity index (χ4n) is 6.72. The van der Waals surface area contributed by atoms with Gasteiger partial charge in [0, 0.05) is 74.5 Å². The van der Waals surface area contributed by atoms with Gasteiger partial charge in [0.1, 0.15) is 38.6 Å². The Bertz CT molecular complexity index is 1460. The molecule has 2 N–H and O–H groups in total. The van der Waals surface area contributed by atoms with E-state index in [9.17, 15) is 0 Å². The van der Waals surface area contributed by atoms with Gasteiger partial charge < -0.3 is 39.6 Å². The Balaban J connectivity index is -0.000000113. The molecule has 9 aliphatic heterocycles. The maximum Gasteiger partial charge on any atom is 0.186 e. The van der Waals surface area contributed by atoms with Crippen molar-refractivity contribution in [3.05, 3.63) is 0 Å². The molecule has 0 amide bonds. The Labute approximate surface area is 561 Å². The summed E-state index contributed by atoms with van der Waals surface area (Å²) in [5.41, 5.74) is 8.57. The molecule has 0 aromatic heterocycles. The van der Waals surface area contributed by atoms with Crippen LogP contribution in [0.15, 0.2) is 45.6 Å². The molecule has 0 saturated heterocycles. The summed E-state index contributed by atoms with van der Waals surface area (Å²) < 4.78 is 15.2. The second-order valence-electron chi connectivity index (χ2n) is 21.9. The van der Waals surface area contributed by atoms with E-state index in [0.29, 0.717) is 83.5 Å². The maximum atomic E-state index is 5.16. The van der Waals surface area contributed by atoms with Gasteiger partial charge in [0.25, 0.3) is 0 Å². The smallest absolute Gasteiger partial charge is 0.186 e. The topological polar surface area (TPSA) is 191 Å². The van der Waals surface area contributed by atoms with E-state index in [2.05, 4.69) is 181 Å². The third kappa shape index (κ3) is 63.6. The SMILES string of the molecule is CC.CC.CC.CC.CC.CC.CC.CC.CC.CC(C)C1=NCCC1.CC(C)C1=NCCO1.CC(C)C1=NOCC1.CC(C)C1C=NNC1.CC(C)C1C=NOC1.CC(C)C1CC=NN1.CC(C)C1CC=NO1.CC(C)C1CN=CO1.CC(C)C1COC=N1. The summed E-state index contributed by atoms with van der Waals surface area (Å²) in [4.78, 5) is 31.1. The monoisotopic (exact) mass is 1280 g/mol. The van der Waals surface area contributed by atoms with Crippen LogP contribution in [0.5, 0.6) is 0 Å². The lowest BCUT2D eigenvalue weighted by Crippen LogP contribution is -2.24. The number of hydrogen-bond donors (Lipinski definition) is 2. The van der Waals surface area contributed by atoms with Crippen molar-refractivity contribution in [2.45, 2.75) is 306 Å². The highest BCUT2D eigenvalue weighted by Gasteiger charge is 2.19. The highest BCUT2D eigenvalue weighted by Crippen LogP contribution is 2.16. The standard InChI is InChI=1S/C7H13N.2C6H12N2.6C6H11NO.9C2H6/c1-6(2)7-4-3-5-8-7;1-5(2)6-3-7-8-4-6;1-5(2)6-3-4-7-8-6;1-5(2)6-3-8-4-7-6;1-5(2)6-3-7-4-8-6;1-5(2)6-3-7-8-4-6;1-5(2)6-7-3-4-8-6;1-5(2)6-3-4-8-7-6;1-5(2)6-3-4-7-8-6;9*1-2/h6H,3-5H2,1-2H3;3,5-6,8H,4H2,1-2H3;4-6,8H,3H2,1-2H3;2*4-6H,3H2,1-2H3;3,5-6H,4H2,1-2H3;2*5H,3-4H2,1-2H3;4-6H,3H2,1-2H3;9*1-2H3. The lowest BCUT2D eigenvalue weighted by atomic mass is 9.98. The van der Waals surface area contributed by atoms with Gasteiger partial charge in [-0.05, 0) is 60.2 Å². The zero-order valence-electron chi connectivity index (χ0n) is 66.3. The fourth-order valence-corrected chi connectivity index (χ4v) is 6.72. The number of aliphatic imine (C=N–C) groups is 4. The molecular weight excluding hydrogens is 1130 g/mol. The van der Waals surface area contributed by atoms with Crippen LogP contribution in [-0.2, 0) is 28.7 Å². The van der Waals surface area contributed by atoms with Crippen LogP contribution in [0.2, 0.25) is 0 Å². The molecule has 17 heteroatoms. The lowest BCUT2D eigenvalue weighted by Gasteiger charge is -2.12. The molecule has 0 spiro atoms. The Hall–Kier alpha value is -4.57. The molecule has 6 unspecified atom stereocenters. The molecule has 9 aliphatic rings. The van der Waals surface area contributed by atoms with Crippen molar-refractivity contribution in [1.29, 1.82) is 0 Å². The number of hydrazone groups is 2. The van der Waals surface area contributed by atoms with Crippen molar-refractivity contribution in [2.24, 2.45) is 111 Å². The first-order valence-electron chi connectivity index (χ1n) is 36.3. The summed E-state index contributed by atoms with van der Waals surface area (Å²) in [5, 5.41) is 19.0. The van der Waals surface area contributed by atoms with Gasteiger partial charge in [0.15, 0.2) is 18.7 Å². The van der Waals surface area contributed by atoms with Gasteiger partial charge >= 0.3 is 0 Å². The van der Waals surface area contributed by atoms with Crippen molar-refractivity contribution in [1.82, 2.24) is 10.9 Å². The predicted octanol–water partition coefficient (Wildman–Crippen LogP) is 20.3. The van der Waals surface area contributed by atoms with Gasteiger partial charge in [-0.2, -0.15) is 10.2 Å². The number of nitrogens with zero attached hydrogens (tertiary/aromatic N) is 9. The van der Waals surface area contributed by atoms with E-state index in [1.807, 2.05) is 149 Å². The van der Waals surface area contributed by atoms with Gasteiger partial charge in [-0.3, -0.25) is 20.0 Å². The van der Waals surface area contributed by atoms with Gasteiger partial charge in [-0.15, -0.1) is 0 Å². The number of nitrogens with one attached hydrogen (secondary N) is 2. The number of hydrogen-bond acceptors (Lipinski definition) is 17. The zero-order chi connectivity index (χ0) is 71.8. The van der Waals surface area contributed by atoms with Crippen molar-refractivity contribution in [3.8, 4) is 0 Å². The molecule has 0 fully saturated rings. The summed E-state index contributed by atoms with van der Waals surface area (Å²) in [6.07, 6.45) is 17.0.